The van der Waals surface area contributed by atoms with Gasteiger partial charge in [-0.2, -0.15) is 0 Å². The van der Waals surface area contributed by atoms with E-state index in [1.54, 1.807) is 26.4 Å². The second kappa shape index (κ2) is 7.02. The molecule has 0 amide bonds. The highest BCUT2D eigenvalue weighted by Gasteiger charge is 2.19. The van der Waals surface area contributed by atoms with Crippen LogP contribution in [0.4, 0.5) is 0 Å². The van der Waals surface area contributed by atoms with Crippen LogP contribution in [-0.4, -0.2) is 24.3 Å². The quantitative estimate of drug-likeness (QED) is 0.860. The van der Waals surface area contributed by atoms with Gasteiger partial charge in [0.15, 0.2) is 0 Å². The van der Waals surface area contributed by atoms with E-state index in [1.165, 1.54) is 6.20 Å². The summed E-state index contributed by atoms with van der Waals surface area (Å²) >= 11 is 0. The maximum Gasteiger partial charge on any atom is 0.254 e. The summed E-state index contributed by atoms with van der Waals surface area (Å²) in [6.45, 7) is 2.04. The van der Waals surface area contributed by atoms with Crippen LogP contribution < -0.4 is 15.0 Å². The van der Waals surface area contributed by atoms with Gasteiger partial charge in [0, 0.05) is 11.8 Å². The maximum absolute atomic E-state index is 12.0. The molecule has 0 saturated carbocycles. The van der Waals surface area contributed by atoms with Crippen molar-refractivity contribution in [3.05, 3.63) is 40.3 Å². The van der Waals surface area contributed by atoms with Gasteiger partial charge in [0.2, 0.25) is 0 Å². The Labute approximate surface area is 129 Å². The molecule has 0 bridgehead atoms. The zero-order valence-corrected chi connectivity index (χ0v) is 13.1. The number of hydrogen-bond acceptors (Lipinski definition) is 4. The van der Waals surface area contributed by atoms with Gasteiger partial charge in [0.25, 0.3) is 5.56 Å². The fourth-order valence-corrected chi connectivity index (χ4v) is 2.46. The lowest BCUT2D eigenvalue weighted by atomic mass is 10.00. The summed E-state index contributed by atoms with van der Waals surface area (Å²) in [6.07, 6.45) is 3.81. The number of aromatic hydroxyl groups is 1. The van der Waals surface area contributed by atoms with Gasteiger partial charge in [-0.05, 0) is 25.0 Å². The van der Waals surface area contributed by atoms with Crippen LogP contribution in [0.2, 0.25) is 0 Å². The maximum atomic E-state index is 12.0. The third kappa shape index (κ3) is 2.93. The molecule has 1 heterocycles. The lowest BCUT2D eigenvalue weighted by molar-refractivity contribution is 0.396. The lowest BCUT2D eigenvalue weighted by Gasteiger charge is -2.15. The van der Waals surface area contributed by atoms with Crippen LogP contribution in [0.3, 0.4) is 0 Å². The van der Waals surface area contributed by atoms with Crippen LogP contribution in [0.25, 0.3) is 11.1 Å². The molecule has 22 heavy (non-hydrogen) atoms. The summed E-state index contributed by atoms with van der Waals surface area (Å²) in [7, 11) is 3.11. The molecule has 5 nitrogen and oxygen atoms in total. The smallest absolute Gasteiger partial charge is 0.254 e. The first-order valence-electron chi connectivity index (χ1n) is 7.28. The highest BCUT2D eigenvalue weighted by atomic mass is 16.5. The summed E-state index contributed by atoms with van der Waals surface area (Å²) in [5, 5.41) is 10.6. The molecule has 1 aromatic heterocycles. The van der Waals surface area contributed by atoms with E-state index in [9.17, 15) is 9.90 Å². The Balaban J connectivity index is 2.66. The largest absolute Gasteiger partial charge is 0.507 e. The molecule has 0 radical (unpaired) electrons. The fraction of sp³-hybridized carbons (Fsp3) is 0.353. The topological polar surface area (TPSA) is 71.5 Å². The first-order valence-corrected chi connectivity index (χ1v) is 7.28. The van der Waals surface area contributed by atoms with Gasteiger partial charge in [0.1, 0.15) is 17.2 Å². The van der Waals surface area contributed by atoms with Crippen molar-refractivity contribution in [2.45, 2.75) is 26.2 Å². The van der Waals surface area contributed by atoms with Crippen molar-refractivity contribution in [2.75, 3.05) is 14.2 Å². The standard InChI is InChI=1S/C17H21NO4/c1-4-5-7-11-16(19)12(10-18-17(11)20)15-13(21-2)8-6-9-14(15)22-3/h6,8-10H,4-5,7H2,1-3H3,(H2,18,19,20). The molecular formula is C17H21NO4. The highest BCUT2D eigenvalue weighted by Crippen LogP contribution is 2.42. The normalized spacial score (nSPS) is 10.5. The molecule has 0 fully saturated rings. The number of ether oxygens (including phenoxy) is 2. The Morgan fingerprint density at radius 1 is 1.18 bits per heavy atom. The molecule has 0 aliphatic rings. The minimum Gasteiger partial charge on any atom is -0.507 e. The van der Waals surface area contributed by atoms with Crippen molar-refractivity contribution in [3.8, 4) is 28.4 Å². The van der Waals surface area contributed by atoms with Crippen LogP contribution in [0.5, 0.6) is 17.2 Å². The molecule has 0 aliphatic carbocycles. The molecular weight excluding hydrogens is 282 g/mol. The molecule has 2 aromatic rings. The molecule has 1 aromatic carbocycles. The van der Waals surface area contributed by atoms with E-state index in [0.717, 1.165) is 12.8 Å². The molecule has 0 atom stereocenters. The lowest BCUT2D eigenvalue weighted by Crippen LogP contribution is -2.13. The monoisotopic (exact) mass is 303 g/mol. The number of aromatic nitrogens is 1. The number of nitrogens with one attached hydrogen (secondary N) is 1. The highest BCUT2D eigenvalue weighted by molar-refractivity contribution is 5.81. The van der Waals surface area contributed by atoms with E-state index in [4.69, 9.17) is 9.47 Å². The molecule has 5 heteroatoms. The summed E-state index contributed by atoms with van der Waals surface area (Å²) in [4.78, 5) is 14.7. The Morgan fingerprint density at radius 3 is 2.36 bits per heavy atom. The van der Waals surface area contributed by atoms with Gasteiger partial charge in [-0.15, -0.1) is 0 Å². The Bertz CT molecular complexity index is 684. The van der Waals surface area contributed by atoms with Gasteiger partial charge in [-0.3, -0.25) is 4.79 Å². The van der Waals surface area contributed by atoms with Gasteiger partial charge >= 0.3 is 0 Å². The van der Waals surface area contributed by atoms with E-state index in [1.807, 2.05) is 13.0 Å². The van der Waals surface area contributed by atoms with Gasteiger partial charge in [-0.1, -0.05) is 19.4 Å². The molecule has 2 N–H and O–H groups in total. The first-order chi connectivity index (χ1) is 10.6. The molecule has 2 rings (SSSR count). The number of pyridine rings is 1. The second-order valence-electron chi connectivity index (χ2n) is 5.00. The van der Waals surface area contributed by atoms with Crippen molar-refractivity contribution in [2.24, 2.45) is 0 Å². The number of aromatic amines is 1. The summed E-state index contributed by atoms with van der Waals surface area (Å²) in [5.41, 5.74) is 1.26. The number of benzene rings is 1. The first kappa shape index (κ1) is 15.9. The van der Waals surface area contributed by atoms with Gasteiger partial charge in [0.05, 0.1) is 25.3 Å². The van der Waals surface area contributed by atoms with E-state index in [0.29, 0.717) is 34.6 Å². The van der Waals surface area contributed by atoms with E-state index >= 15 is 0 Å². The zero-order valence-electron chi connectivity index (χ0n) is 13.1. The molecule has 118 valence electrons. The average molecular weight is 303 g/mol. The van der Waals surface area contributed by atoms with Crippen molar-refractivity contribution in [1.29, 1.82) is 0 Å². The minimum absolute atomic E-state index is 0.0139. The molecule has 0 saturated heterocycles. The van der Waals surface area contributed by atoms with Crippen molar-refractivity contribution in [3.63, 3.8) is 0 Å². The summed E-state index contributed by atoms with van der Waals surface area (Å²) in [5.74, 6) is 1.13. The number of unbranched alkanes of at least 4 members (excludes halogenated alkanes) is 1. The van der Waals surface area contributed by atoms with Crippen LogP contribution in [-0.2, 0) is 6.42 Å². The fourth-order valence-electron chi connectivity index (χ4n) is 2.46. The summed E-state index contributed by atoms with van der Waals surface area (Å²) in [6, 6.07) is 5.38. The predicted molar refractivity (Wildman–Crippen MR) is 85.9 cm³/mol. The molecule has 0 spiro atoms. The van der Waals surface area contributed by atoms with E-state index in [2.05, 4.69) is 4.98 Å². The molecule has 0 unspecified atom stereocenters. The van der Waals surface area contributed by atoms with Crippen molar-refractivity contribution >= 4 is 0 Å². The number of hydrogen-bond donors (Lipinski definition) is 2. The number of methoxy groups -OCH3 is 2. The molecule has 0 aliphatic heterocycles. The summed E-state index contributed by atoms with van der Waals surface area (Å²) < 4.78 is 10.7. The Morgan fingerprint density at radius 2 is 1.82 bits per heavy atom. The minimum atomic E-state index is -0.261. The van der Waals surface area contributed by atoms with E-state index < -0.39 is 0 Å². The van der Waals surface area contributed by atoms with Crippen molar-refractivity contribution < 1.29 is 14.6 Å². The number of H-pyrrole nitrogens is 1. The van der Waals surface area contributed by atoms with Crippen LogP contribution in [0.15, 0.2) is 29.2 Å². The van der Waals surface area contributed by atoms with Crippen LogP contribution in [0.1, 0.15) is 25.3 Å². The SMILES string of the molecule is CCCCc1c(O)c(-c2c(OC)cccc2OC)c[nH]c1=O. The zero-order chi connectivity index (χ0) is 16.1. The van der Waals surface area contributed by atoms with Gasteiger partial charge in [-0.25, -0.2) is 0 Å². The third-order valence-corrected chi connectivity index (χ3v) is 3.64. The average Bonchev–Trinajstić information content (AvgIpc) is 2.54. The Hall–Kier alpha value is -2.43. The van der Waals surface area contributed by atoms with Crippen LogP contribution in [0, 0.1) is 0 Å². The van der Waals surface area contributed by atoms with Crippen LogP contribution >= 0.6 is 0 Å². The third-order valence-electron chi connectivity index (χ3n) is 3.64. The van der Waals surface area contributed by atoms with Gasteiger partial charge < -0.3 is 19.6 Å². The number of rotatable bonds is 6. The second-order valence-corrected chi connectivity index (χ2v) is 5.00. The van der Waals surface area contributed by atoms with E-state index in [-0.39, 0.29) is 11.3 Å². The predicted octanol–water partition coefficient (Wildman–Crippen LogP) is 3.11. The Kier molecular flexibility index (Phi) is 5.09. The van der Waals surface area contributed by atoms with Crippen molar-refractivity contribution in [1.82, 2.24) is 4.98 Å².